The van der Waals surface area contributed by atoms with E-state index < -0.39 is 17.5 Å². The van der Waals surface area contributed by atoms with Gasteiger partial charge in [-0.05, 0) is 47.5 Å². The molecule has 0 saturated carbocycles. The first-order valence-corrected chi connectivity index (χ1v) is 10.1. The fourth-order valence-electron chi connectivity index (χ4n) is 1.91. The van der Waals surface area contributed by atoms with E-state index in [1.807, 2.05) is 0 Å². The van der Waals surface area contributed by atoms with Gasteiger partial charge in [0.15, 0.2) is 0 Å². The Kier molecular flexibility index (Phi) is 16.2. The molecule has 0 aromatic rings. The van der Waals surface area contributed by atoms with Crippen LogP contribution in [0.4, 0.5) is 0 Å². The average Bonchev–Trinajstić information content (AvgIpc) is 2.61. The van der Waals surface area contributed by atoms with Crippen LogP contribution in [0.3, 0.4) is 0 Å². The lowest BCUT2D eigenvalue weighted by Crippen LogP contribution is -2.47. The second kappa shape index (κ2) is 16.6. The van der Waals surface area contributed by atoms with Crippen molar-refractivity contribution in [1.82, 2.24) is 5.32 Å². The number of carbonyl (C=O) groups excluding carboxylic acids is 6. The van der Waals surface area contributed by atoms with Gasteiger partial charge in [-0.3, -0.25) is 24.0 Å². The minimum atomic E-state index is -0.711. The van der Waals surface area contributed by atoms with Gasteiger partial charge in [-0.1, -0.05) is 6.58 Å². The lowest BCUT2D eigenvalue weighted by atomic mass is 10.1. The second-order valence-electron chi connectivity index (χ2n) is 7.81. The summed E-state index contributed by atoms with van der Waals surface area (Å²) in [6.45, 7) is 13.0. The highest BCUT2D eigenvalue weighted by Gasteiger charge is 2.23. The molecule has 0 radical (unpaired) electrons. The molecule has 0 spiro atoms. The van der Waals surface area contributed by atoms with Crippen molar-refractivity contribution in [3.63, 3.8) is 0 Å². The van der Waals surface area contributed by atoms with Gasteiger partial charge >= 0.3 is 17.9 Å². The van der Waals surface area contributed by atoms with Gasteiger partial charge in [0.2, 0.25) is 5.91 Å². The van der Waals surface area contributed by atoms with Crippen molar-refractivity contribution in [3.05, 3.63) is 12.2 Å². The molecule has 0 fully saturated rings. The zero-order valence-electron chi connectivity index (χ0n) is 19.8. The summed E-state index contributed by atoms with van der Waals surface area (Å²) >= 11 is 0. The first-order chi connectivity index (χ1) is 14.7. The maximum atomic E-state index is 11.4. The Balaban J connectivity index is 0. The van der Waals surface area contributed by atoms with Crippen molar-refractivity contribution in [3.8, 4) is 0 Å². The Morgan fingerprint density at radius 3 is 1.72 bits per heavy atom. The molecule has 10 nitrogen and oxygen atoms in total. The molecular weight excluding hydrogens is 422 g/mol. The normalized spacial score (nSPS) is 10.1. The molecule has 0 saturated heterocycles. The summed E-state index contributed by atoms with van der Waals surface area (Å²) in [4.78, 5) is 65.0. The minimum Gasteiger partial charge on any atom is -0.466 e. The molecule has 0 rings (SSSR count). The molecule has 182 valence electrons. The van der Waals surface area contributed by atoms with E-state index in [4.69, 9.17) is 9.47 Å². The van der Waals surface area contributed by atoms with Gasteiger partial charge < -0.3 is 19.5 Å². The van der Waals surface area contributed by atoms with Crippen molar-refractivity contribution < 1.29 is 43.0 Å². The molecule has 0 heterocycles. The van der Waals surface area contributed by atoms with Gasteiger partial charge in [0, 0.05) is 12.5 Å². The number of esters is 3. The summed E-state index contributed by atoms with van der Waals surface area (Å²) in [5.74, 6) is -2.12. The fraction of sp³-hybridized carbons (Fsp3) is 0.636. The van der Waals surface area contributed by atoms with Gasteiger partial charge in [-0.15, -0.1) is 0 Å². The van der Waals surface area contributed by atoms with E-state index in [1.165, 1.54) is 20.8 Å². The monoisotopic (exact) mass is 457 g/mol. The van der Waals surface area contributed by atoms with Crippen LogP contribution in [0.15, 0.2) is 12.2 Å². The largest absolute Gasteiger partial charge is 0.466 e. The van der Waals surface area contributed by atoms with Gasteiger partial charge in [0.1, 0.15) is 24.6 Å². The highest BCUT2D eigenvalue weighted by atomic mass is 16.5. The zero-order chi connectivity index (χ0) is 25.3. The topological polar surface area (TPSA) is 142 Å². The van der Waals surface area contributed by atoms with E-state index in [9.17, 15) is 28.8 Å². The van der Waals surface area contributed by atoms with Gasteiger partial charge in [-0.25, -0.2) is 4.79 Å². The Bertz CT molecular complexity index is 696. The molecule has 0 aliphatic carbocycles. The average molecular weight is 458 g/mol. The third kappa shape index (κ3) is 21.7. The van der Waals surface area contributed by atoms with E-state index in [-0.39, 0.29) is 49.5 Å². The summed E-state index contributed by atoms with van der Waals surface area (Å²) in [7, 11) is 0. The van der Waals surface area contributed by atoms with E-state index in [2.05, 4.69) is 16.6 Å². The highest BCUT2D eigenvalue weighted by molar-refractivity contribution is 5.97. The maximum absolute atomic E-state index is 11.4. The molecule has 0 atom stereocenters. The minimum absolute atomic E-state index is 0.0301. The van der Waals surface area contributed by atoms with Crippen LogP contribution in [-0.4, -0.2) is 60.7 Å². The predicted octanol–water partition coefficient (Wildman–Crippen LogP) is 1.83. The van der Waals surface area contributed by atoms with Crippen molar-refractivity contribution in [2.45, 2.75) is 72.8 Å². The van der Waals surface area contributed by atoms with Crippen molar-refractivity contribution in [2.24, 2.45) is 0 Å². The third-order valence-electron chi connectivity index (χ3n) is 3.30. The Hall–Kier alpha value is -3.04. The maximum Gasteiger partial charge on any atom is 0.333 e. The Labute approximate surface area is 189 Å². The number of hydrogen-bond acceptors (Lipinski definition) is 9. The lowest BCUT2D eigenvalue weighted by Gasteiger charge is -2.25. The van der Waals surface area contributed by atoms with Crippen LogP contribution < -0.4 is 5.32 Å². The summed E-state index contributed by atoms with van der Waals surface area (Å²) in [5, 5.41) is 2.62. The molecule has 0 bridgehead atoms. The fourth-order valence-corrected chi connectivity index (χ4v) is 1.91. The second-order valence-corrected chi connectivity index (χ2v) is 7.81. The Morgan fingerprint density at radius 1 is 0.781 bits per heavy atom. The lowest BCUT2D eigenvalue weighted by molar-refractivity contribution is -0.147. The SMILES string of the molecule is C=C(C)C(=O)OCC(C)(C)NC(=O)CC(C)=O.CC(=O)CC(=O)OCCCCOC(C)=O. The molecule has 0 aromatic carbocycles. The smallest absolute Gasteiger partial charge is 0.333 e. The number of carbonyl (C=O) groups is 6. The number of amides is 1. The number of ether oxygens (including phenoxy) is 3. The first-order valence-electron chi connectivity index (χ1n) is 10.1. The van der Waals surface area contributed by atoms with Crippen LogP contribution in [0.5, 0.6) is 0 Å². The van der Waals surface area contributed by atoms with Crippen LogP contribution in [-0.2, 0) is 43.0 Å². The van der Waals surface area contributed by atoms with Gasteiger partial charge in [0.05, 0.1) is 25.2 Å². The van der Waals surface area contributed by atoms with E-state index in [0.29, 0.717) is 25.0 Å². The summed E-state index contributed by atoms with van der Waals surface area (Å²) in [6, 6.07) is 0. The van der Waals surface area contributed by atoms with E-state index >= 15 is 0 Å². The van der Waals surface area contributed by atoms with Crippen LogP contribution in [0, 0.1) is 0 Å². The quantitative estimate of drug-likeness (QED) is 0.144. The molecule has 1 amide bonds. The number of unbranched alkanes of at least 4 members (excludes halogenated alkanes) is 1. The molecule has 1 N–H and O–H groups in total. The number of nitrogens with one attached hydrogen (secondary N) is 1. The number of rotatable bonds is 13. The number of ketones is 2. The Morgan fingerprint density at radius 2 is 1.28 bits per heavy atom. The molecule has 0 aromatic heterocycles. The van der Waals surface area contributed by atoms with Crippen LogP contribution in [0.2, 0.25) is 0 Å². The molecule has 0 aliphatic heterocycles. The predicted molar refractivity (Wildman–Crippen MR) is 115 cm³/mol. The molecule has 10 heteroatoms. The molecule has 0 aliphatic rings. The van der Waals surface area contributed by atoms with Crippen LogP contribution in [0.25, 0.3) is 0 Å². The van der Waals surface area contributed by atoms with Crippen LogP contribution in [0.1, 0.15) is 67.2 Å². The van der Waals surface area contributed by atoms with Gasteiger partial charge in [0.25, 0.3) is 0 Å². The van der Waals surface area contributed by atoms with Crippen molar-refractivity contribution in [2.75, 3.05) is 19.8 Å². The molecule has 0 unspecified atom stereocenters. The van der Waals surface area contributed by atoms with Gasteiger partial charge in [-0.2, -0.15) is 0 Å². The molecule has 32 heavy (non-hydrogen) atoms. The summed E-state index contributed by atoms with van der Waals surface area (Å²) in [5.41, 5.74) is -0.409. The third-order valence-corrected chi connectivity index (χ3v) is 3.30. The van der Waals surface area contributed by atoms with Crippen LogP contribution >= 0.6 is 0 Å². The first kappa shape index (κ1) is 31.1. The standard InChI is InChI=1S/C12H19NO4.C10H16O5/c1-8(2)11(16)17-7-12(4,5)13-10(15)6-9(3)14;1-8(11)7-10(13)15-6-4-3-5-14-9(2)12/h1,6-7H2,2-5H3,(H,13,15);3-7H2,1-2H3. The van der Waals surface area contributed by atoms with E-state index in [0.717, 1.165) is 0 Å². The van der Waals surface area contributed by atoms with Crippen molar-refractivity contribution in [1.29, 1.82) is 0 Å². The van der Waals surface area contributed by atoms with Crippen molar-refractivity contribution >= 4 is 35.4 Å². The summed E-state index contributed by atoms with van der Waals surface area (Å²) in [6.07, 6.45) is 0.922. The number of Topliss-reactive ketones (excluding diaryl/α,β-unsaturated/α-hetero) is 2. The highest BCUT2D eigenvalue weighted by Crippen LogP contribution is 2.05. The molecular formula is C22H35NO9. The summed E-state index contributed by atoms with van der Waals surface area (Å²) < 4.78 is 14.4. The number of hydrogen-bond donors (Lipinski definition) is 1. The zero-order valence-corrected chi connectivity index (χ0v) is 19.8. The van der Waals surface area contributed by atoms with E-state index in [1.54, 1.807) is 20.8 Å².